The standard InChI is InChI=1S/C24H22N2O5S2/c1-29-17-9-7-16(20(13-17)30-2)8-10-24(28)31-15-23(27)26-19(22-6-4-12-33-22)14-18(25-26)21-5-3-11-32-21/h3-13,19H,14-15H2,1-2H3/b10-8+. The average molecular weight is 483 g/mol. The Bertz CT molecular complexity index is 1170. The molecule has 3 aromatic rings. The van der Waals surface area contributed by atoms with Crippen molar-refractivity contribution in [2.24, 2.45) is 5.10 Å². The SMILES string of the molecule is COc1ccc(/C=C/C(=O)OCC(=O)N2N=C(c3cccs3)CC2c2cccs2)c(OC)c1. The van der Waals surface area contributed by atoms with Crippen molar-refractivity contribution in [2.45, 2.75) is 12.5 Å². The van der Waals surface area contributed by atoms with E-state index in [0.717, 1.165) is 15.5 Å². The zero-order valence-corrected chi connectivity index (χ0v) is 19.7. The van der Waals surface area contributed by atoms with E-state index in [0.29, 0.717) is 23.5 Å². The molecular formula is C24H22N2O5S2. The van der Waals surface area contributed by atoms with Crippen molar-refractivity contribution in [1.82, 2.24) is 5.01 Å². The molecule has 0 spiro atoms. The van der Waals surface area contributed by atoms with Crippen LogP contribution in [0, 0.1) is 0 Å². The van der Waals surface area contributed by atoms with Crippen LogP contribution in [0.4, 0.5) is 0 Å². The molecule has 7 nitrogen and oxygen atoms in total. The van der Waals surface area contributed by atoms with Crippen molar-refractivity contribution in [3.05, 3.63) is 74.6 Å². The number of amides is 1. The van der Waals surface area contributed by atoms with Crippen LogP contribution in [0.2, 0.25) is 0 Å². The summed E-state index contributed by atoms with van der Waals surface area (Å²) in [7, 11) is 3.10. The lowest BCUT2D eigenvalue weighted by Crippen LogP contribution is -2.30. The van der Waals surface area contributed by atoms with Crippen molar-refractivity contribution in [1.29, 1.82) is 0 Å². The number of nitrogens with zero attached hydrogens (tertiary/aromatic N) is 2. The summed E-state index contributed by atoms with van der Waals surface area (Å²) in [6.07, 6.45) is 3.46. The minimum atomic E-state index is -0.629. The second-order valence-electron chi connectivity index (χ2n) is 7.05. The average Bonchev–Trinajstić information content (AvgIpc) is 3.61. The molecule has 0 bridgehead atoms. The van der Waals surface area contributed by atoms with Gasteiger partial charge in [0.2, 0.25) is 0 Å². The minimum Gasteiger partial charge on any atom is -0.497 e. The Morgan fingerprint density at radius 3 is 2.64 bits per heavy atom. The summed E-state index contributed by atoms with van der Waals surface area (Å²) in [4.78, 5) is 27.2. The van der Waals surface area contributed by atoms with Gasteiger partial charge in [0.25, 0.3) is 5.91 Å². The number of benzene rings is 1. The Balaban J connectivity index is 1.41. The Hall–Kier alpha value is -3.43. The van der Waals surface area contributed by atoms with Crippen LogP contribution >= 0.6 is 22.7 Å². The first-order chi connectivity index (χ1) is 16.1. The van der Waals surface area contributed by atoms with Crippen molar-refractivity contribution < 1.29 is 23.8 Å². The first-order valence-electron chi connectivity index (χ1n) is 10.1. The Morgan fingerprint density at radius 1 is 1.12 bits per heavy atom. The van der Waals surface area contributed by atoms with E-state index in [-0.39, 0.29) is 11.9 Å². The number of esters is 1. The maximum Gasteiger partial charge on any atom is 0.331 e. The molecule has 1 aliphatic heterocycles. The van der Waals surface area contributed by atoms with Gasteiger partial charge in [-0.3, -0.25) is 4.79 Å². The predicted molar refractivity (Wildman–Crippen MR) is 129 cm³/mol. The molecule has 33 heavy (non-hydrogen) atoms. The van der Waals surface area contributed by atoms with Gasteiger partial charge in [0.1, 0.15) is 11.5 Å². The van der Waals surface area contributed by atoms with Gasteiger partial charge >= 0.3 is 5.97 Å². The number of ether oxygens (including phenoxy) is 3. The van der Waals surface area contributed by atoms with Gasteiger partial charge in [0.15, 0.2) is 6.61 Å². The molecule has 0 fully saturated rings. The first kappa shape index (κ1) is 22.8. The van der Waals surface area contributed by atoms with Gasteiger partial charge in [-0.15, -0.1) is 22.7 Å². The summed E-state index contributed by atoms with van der Waals surface area (Å²) in [6, 6.07) is 12.9. The molecular weight excluding hydrogens is 460 g/mol. The van der Waals surface area contributed by atoms with Crippen LogP contribution in [0.1, 0.15) is 27.8 Å². The van der Waals surface area contributed by atoms with Gasteiger partial charge in [-0.1, -0.05) is 12.1 Å². The molecule has 0 aliphatic carbocycles. The fraction of sp³-hybridized carbons (Fsp3) is 0.208. The van der Waals surface area contributed by atoms with E-state index in [4.69, 9.17) is 14.2 Å². The van der Waals surface area contributed by atoms with Gasteiger partial charge in [0.05, 0.1) is 30.9 Å². The van der Waals surface area contributed by atoms with Gasteiger partial charge in [-0.2, -0.15) is 5.10 Å². The lowest BCUT2D eigenvalue weighted by Gasteiger charge is -2.20. The summed E-state index contributed by atoms with van der Waals surface area (Å²) in [5.41, 5.74) is 1.54. The van der Waals surface area contributed by atoms with E-state index < -0.39 is 12.6 Å². The summed E-state index contributed by atoms with van der Waals surface area (Å²) >= 11 is 3.16. The largest absolute Gasteiger partial charge is 0.497 e. The quantitative estimate of drug-likeness (QED) is 0.342. The minimum absolute atomic E-state index is 0.201. The van der Waals surface area contributed by atoms with E-state index in [1.165, 1.54) is 18.2 Å². The Morgan fingerprint density at radius 2 is 1.94 bits per heavy atom. The highest BCUT2D eigenvalue weighted by Gasteiger charge is 2.34. The zero-order chi connectivity index (χ0) is 23.2. The predicted octanol–water partition coefficient (Wildman–Crippen LogP) is 4.76. The third-order valence-corrected chi connectivity index (χ3v) is 6.91. The van der Waals surface area contributed by atoms with Crippen LogP contribution < -0.4 is 9.47 Å². The molecule has 0 radical (unpaired) electrons. The second-order valence-corrected chi connectivity index (χ2v) is 8.97. The molecule has 1 amide bonds. The van der Waals surface area contributed by atoms with Crippen molar-refractivity contribution in [2.75, 3.05) is 20.8 Å². The molecule has 3 heterocycles. The van der Waals surface area contributed by atoms with Crippen LogP contribution in [0.5, 0.6) is 11.5 Å². The molecule has 2 aromatic heterocycles. The third kappa shape index (κ3) is 5.32. The lowest BCUT2D eigenvalue weighted by atomic mass is 10.1. The highest BCUT2D eigenvalue weighted by molar-refractivity contribution is 7.12. The van der Waals surface area contributed by atoms with Crippen molar-refractivity contribution >= 4 is 46.3 Å². The smallest absolute Gasteiger partial charge is 0.331 e. The molecule has 170 valence electrons. The number of hydrogen-bond donors (Lipinski definition) is 0. The summed E-state index contributed by atoms with van der Waals surface area (Å²) < 4.78 is 15.7. The van der Waals surface area contributed by atoms with Crippen LogP contribution in [0.3, 0.4) is 0 Å². The molecule has 4 rings (SSSR count). The molecule has 1 aliphatic rings. The monoisotopic (exact) mass is 482 g/mol. The van der Waals surface area contributed by atoms with Crippen molar-refractivity contribution in [3.63, 3.8) is 0 Å². The van der Waals surface area contributed by atoms with Crippen molar-refractivity contribution in [3.8, 4) is 11.5 Å². The highest BCUT2D eigenvalue weighted by Crippen LogP contribution is 2.36. The maximum atomic E-state index is 12.9. The number of methoxy groups -OCH3 is 2. The number of carbonyl (C=O) groups excluding carboxylic acids is 2. The van der Waals surface area contributed by atoms with Crippen LogP contribution in [0.15, 0.2) is 64.4 Å². The van der Waals surface area contributed by atoms with Crippen LogP contribution in [-0.2, 0) is 14.3 Å². The van der Waals surface area contributed by atoms with E-state index in [1.807, 2.05) is 35.0 Å². The summed E-state index contributed by atoms with van der Waals surface area (Å²) in [5.74, 6) is 0.200. The molecule has 0 N–H and O–H groups in total. The number of hydrogen-bond acceptors (Lipinski definition) is 8. The second kappa shape index (κ2) is 10.5. The molecule has 0 saturated carbocycles. The van der Waals surface area contributed by atoms with Gasteiger partial charge in [0, 0.05) is 29.0 Å². The zero-order valence-electron chi connectivity index (χ0n) is 18.1. The molecule has 1 unspecified atom stereocenters. The van der Waals surface area contributed by atoms with Gasteiger partial charge in [-0.25, -0.2) is 9.80 Å². The molecule has 1 atom stereocenters. The first-order valence-corrected chi connectivity index (χ1v) is 11.9. The highest BCUT2D eigenvalue weighted by atomic mass is 32.1. The van der Waals surface area contributed by atoms with E-state index in [9.17, 15) is 9.59 Å². The topological polar surface area (TPSA) is 77.4 Å². The van der Waals surface area contributed by atoms with Gasteiger partial charge in [-0.05, 0) is 41.1 Å². The normalized spacial score (nSPS) is 15.5. The number of thiophene rings is 2. The summed E-state index contributed by atoms with van der Waals surface area (Å²) in [6.45, 7) is -0.397. The third-order valence-electron chi connectivity index (χ3n) is 5.02. The number of rotatable bonds is 8. The Labute approximate surface area is 199 Å². The van der Waals surface area contributed by atoms with E-state index >= 15 is 0 Å². The number of hydrazone groups is 1. The molecule has 9 heteroatoms. The fourth-order valence-electron chi connectivity index (χ4n) is 3.40. The Kier molecular flexibility index (Phi) is 7.21. The number of carbonyl (C=O) groups is 2. The molecule has 0 saturated heterocycles. The van der Waals surface area contributed by atoms with E-state index in [1.54, 1.807) is 54.1 Å². The summed E-state index contributed by atoms with van der Waals surface area (Å²) in [5, 5.41) is 9.95. The lowest BCUT2D eigenvalue weighted by molar-refractivity contribution is -0.149. The van der Waals surface area contributed by atoms with Gasteiger partial charge < -0.3 is 14.2 Å². The van der Waals surface area contributed by atoms with E-state index in [2.05, 4.69) is 5.10 Å². The maximum absolute atomic E-state index is 12.9. The molecule has 1 aromatic carbocycles. The fourth-order valence-corrected chi connectivity index (χ4v) is 4.93. The van der Waals surface area contributed by atoms with Crippen LogP contribution in [0.25, 0.3) is 6.08 Å². The van der Waals surface area contributed by atoms with Crippen LogP contribution in [-0.4, -0.2) is 43.4 Å².